The average molecular weight is 450 g/mol. The maximum absolute atomic E-state index is 12.2. The van der Waals surface area contributed by atoms with E-state index in [0.717, 1.165) is 5.56 Å². The zero-order valence-electron chi connectivity index (χ0n) is 17.1. The first-order valence-corrected chi connectivity index (χ1v) is 10.5. The molecule has 0 aliphatic carbocycles. The molecule has 0 spiro atoms. The Hall–Kier alpha value is -4.05. The smallest absolute Gasteiger partial charge is 0.269 e. The zero-order chi connectivity index (χ0) is 22.8. The van der Waals surface area contributed by atoms with Crippen molar-refractivity contribution in [2.75, 3.05) is 17.3 Å². The predicted molar refractivity (Wildman–Crippen MR) is 122 cm³/mol. The summed E-state index contributed by atoms with van der Waals surface area (Å²) in [6, 6.07) is 11.4. The van der Waals surface area contributed by atoms with E-state index < -0.39 is 11.0 Å². The van der Waals surface area contributed by atoms with Gasteiger partial charge in [0.25, 0.3) is 11.6 Å². The second kappa shape index (κ2) is 8.60. The topological polar surface area (TPSA) is 115 Å². The number of amides is 2. The standard InChI is InChI=1S/C22H18N4O5S/c1-13-21(28)25(2)18-11-15(6-9-19(18)31-13)17-12-32-22(23-17)24-20(27)10-5-14-3-7-16(8-4-14)26(29)30/h3-13H,1-2H3,(H,23,24,27)/b10-5+. The molecule has 3 aromatic rings. The molecule has 1 aliphatic heterocycles. The Morgan fingerprint density at radius 3 is 2.75 bits per heavy atom. The summed E-state index contributed by atoms with van der Waals surface area (Å²) in [7, 11) is 1.70. The van der Waals surface area contributed by atoms with Crippen LogP contribution in [0, 0.1) is 10.1 Å². The summed E-state index contributed by atoms with van der Waals surface area (Å²) in [6.45, 7) is 1.71. The van der Waals surface area contributed by atoms with Gasteiger partial charge in [-0.05, 0) is 48.9 Å². The van der Waals surface area contributed by atoms with Crippen molar-refractivity contribution in [1.29, 1.82) is 0 Å². The number of benzene rings is 2. The molecule has 10 heteroatoms. The Morgan fingerprint density at radius 2 is 2.03 bits per heavy atom. The van der Waals surface area contributed by atoms with Crippen molar-refractivity contribution in [2.24, 2.45) is 0 Å². The van der Waals surface area contributed by atoms with E-state index in [0.29, 0.717) is 27.8 Å². The van der Waals surface area contributed by atoms with E-state index in [2.05, 4.69) is 10.3 Å². The lowest BCUT2D eigenvalue weighted by molar-refractivity contribution is -0.384. The van der Waals surface area contributed by atoms with Gasteiger partial charge in [0.15, 0.2) is 11.2 Å². The molecule has 0 bridgehead atoms. The normalized spacial score (nSPS) is 15.4. The number of non-ortho nitro benzene ring substituents is 1. The van der Waals surface area contributed by atoms with E-state index in [1.165, 1.54) is 29.5 Å². The Morgan fingerprint density at radius 1 is 1.28 bits per heavy atom. The number of nitro benzene ring substituents is 1. The third kappa shape index (κ3) is 4.35. The number of likely N-dealkylation sites (N-methyl/N-ethyl adjacent to an activating group) is 1. The molecule has 2 amide bonds. The lowest BCUT2D eigenvalue weighted by Gasteiger charge is -2.30. The van der Waals surface area contributed by atoms with Gasteiger partial charge in [-0.2, -0.15) is 0 Å². The Bertz CT molecular complexity index is 1240. The second-order valence-corrected chi connectivity index (χ2v) is 7.91. The summed E-state index contributed by atoms with van der Waals surface area (Å²) < 4.78 is 5.64. The summed E-state index contributed by atoms with van der Waals surface area (Å²) in [5.74, 6) is 0.131. The molecule has 32 heavy (non-hydrogen) atoms. The van der Waals surface area contributed by atoms with Gasteiger partial charge in [0.05, 0.1) is 16.3 Å². The van der Waals surface area contributed by atoms with Gasteiger partial charge in [-0.25, -0.2) is 4.98 Å². The van der Waals surface area contributed by atoms with E-state index >= 15 is 0 Å². The highest BCUT2D eigenvalue weighted by molar-refractivity contribution is 7.14. The van der Waals surface area contributed by atoms with Gasteiger partial charge >= 0.3 is 0 Å². The third-order valence-corrected chi connectivity index (χ3v) is 5.62. The number of carbonyl (C=O) groups excluding carboxylic acids is 2. The van der Waals surface area contributed by atoms with Gasteiger partial charge in [0, 0.05) is 36.2 Å². The first-order chi connectivity index (χ1) is 15.3. The fraction of sp³-hybridized carbons (Fsp3) is 0.136. The van der Waals surface area contributed by atoms with Crippen LogP contribution in [0.2, 0.25) is 0 Å². The van der Waals surface area contributed by atoms with Crippen molar-refractivity contribution in [3.63, 3.8) is 0 Å². The van der Waals surface area contributed by atoms with Crippen molar-refractivity contribution >= 4 is 45.7 Å². The summed E-state index contributed by atoms with van der Waals surface area (Å²) >= 11 is 1.27. The average Bonchev–Trinajstić information content (AvgIpc) is 3.24. The van der Waals surface area contributed by atoms with Crippen molar-refractivity contribution in [3.05, 3.63) is 69.6 Å². The highest BCUT2D eigenvalue weighted by Crippen LogP contribution is 2.37. The molecule has 0 saturated heterocycles. The minimum absolute atomic E-state index is 0.0132. The molecule has 162 valence electrons. The quantitative estimate of drug-likeness (QED) is 0.355. The minimum Gasteiger partial charge on any atom is -0.479 e. The van der Waals surface area contributed by atoms with Crippen LogP contribution in [0.3, 0.4) is 0 Å². The number of rotatable bonds is 5. The lowest BCUT2D eigenvalue weighted by atomic mass is 10.1. The maximum Gasteiger partial charge on any atom is 0.269 e. The summed E-state index contributed by atoms with van der Waals surface area (Å²) in [5, 5.41) is 15.6. The van der Waals surface area contributed by atoms with Crippen LogP contribution in [0.5, 0.6) is 5.75 Å². The fourth-order valence-corrected chi connectivity index (χ4v) is 3.88. The van der Waals surface area contributed by atoms with Crippen molar-refractivity contribution in [1.82, 2.24) is 4.98 Å². The maximum atomic E-state index is 12.2. The molecule has 0 saturated carbocycles. The molecule has 2 heterocycles. The van der Waals surface area contributed by atoms with E-state index in [9.17, 15) is 19.7 Å². The lowest BCUT2D eigenvalue weighted by Crippen LogP contribution is -2.41. The number of nitrogens with one attached hydrogen (secondary N) is 1. The molecule has 0 fully saturated rings. The van der Waals surface area contributed by atoms with Crippen LogP contribution in [0.25, 0.3) is 17.3 Å². The van der Waals surface area contributed by atoms with Crippen LogP contribution in [0.4, 0.5) is 16.5 Å². The second-order valence-electron chi connectivity index (χ2n) is 7.05. The number of anilines is 2. The SMILES string of the molecule is CC1Oc2ccc(-c3csc(NC(=O)/C=C/c4ccc([N+](=O)[O-])cc4)n3)cc2N(C)C1=O. The molecular formula is C22H18N4O5S. The third-order valence-electron chi connectivity index (χ3n) is 4.86. The van der Waals surface area contributed by atoms with Crippen LogP contribution < -0.4 is 15.0 Å². The van der Waals surface area contributed by atoms with E-state index in [1.54, 1.807) is 43.1 Å². The highest BCUT2D eigenvalue weighted by atomic mass is 32.1. The summed E-state index contributed by atoms with van der Waals surface area (Å²) in [5.41, 5.74) is 2.76. The Balaban J connectivity index is 1.44. The van der Waals surface area contributed by atoms with E-state index in [4.69, 9.17) is 4.74 Å². The number of carbonyl (C=O) groups is 2. The summed E-state index contributed by atoms with van der Waals surface area (Å²) in [6.07, 6.45) is 2.36. The molecule has 1 atom stereocenters. The van der Waals surface area contributed by atoms with Crippen molar-refractivity contribution < 1.29 is 19.2 Å². The summed E-state index contributed by atoms with van der Waals surface area (Å²) in [4.78, 5) is 40.6. The van der Waals surface area contributed by atoms with Gasteiger partial charge in [-0.1, -0.05) is 0 Å². The number of hydrogen-bond acceptors (Lipinski definition) is 7. The Labute approximate surface area is 187 Å². The molecule has 1 unspecified atom stereocenters. The first kappa shape index (κ1) is 21.2. The Kier molecular flexibility index (Phi) is 5.69. The predicted octanol–water partition coefficient (Wildman–Crippen LogP) is 4.11. The van der Waals surface area contributed by atoms with Crippen LogP contribution >= 0.6 is 11.3 Å². The number of hydrogen-bond donors (Lipinski definition) is 1. The molecule has 2 aromatic carbocycles. The highest BCUT2D eigenvalue weighted by Gasteiger charge is 2.29. The molecule has 1 aromatic heterocycles. The number of aromatic nitrogens is 1. The largest absolute Gasteiger partial charge is 0.479 e. The van der Waals surface area contributed by atoms with E-state index in [1.807, 2.05) is 17.5 Å². The molecule has 4 rings (SSSR count). The van der Waals surface area contributed by atoms with Gasteiger partial charge in [-0.15, -0.1) is 11.3 Å². The van der Waals surface area contributed by atoms with Gasteiger partial charge in [-0.3, -0.25) is 25.0 Å². The number of fused-ring (bicyclic) bond motifs is 1. The van der Waals surface area contributed by atoms with Crippen LogP contribution in [-0.4, -0.2) is 34.9 Å². The number of nitro groups is 1. The number of ether oxygens (including phenoxy) is 1. The number of thiazole rings is 1. The first-order valence-electron chi connectivity index (χ1n) is 9.59. The van der Waals surface area contributed by atoms with Crippen LogP contribution in [0.1, 0.15) is 12.5 Å². The van der Waals surface area contributed by atoms with Crippen LogP contribution in [-0.2, 0) is 9.59 Å². The monoisotopic (exact) mass is 450 g/mol. The van der Waals surface area contributed by atoms with Gasteiger partial charge in [0.1, 0.15) is 5.75 Å². The fourth-order valence-electron chi connectivity index (χ4n) is 3.16. The van der Waals surface area contributed by atoms with Crippen LogP contribution in [0.15, 0.2) is 53.9 Å². The molecule has 1 N–H and O–H groups in total. The van der Waals surface area contributed by atoms with Gasteiger partial charge < -0.3 is 9.64 Å². The van der Waals surface area contributed by atoms with Crippen molar-refractivity contribution in [3.8, 4) is 17.0 Å². The van der Waals surface area contributed by atoms with E-state index in [-0.39, 0.29) is 17.5 Å². The van der Waals surface area contributed by atoms with Gasteiger partial charge in [0.2, 0.25) is 5.91 Å². The minimum atomic E-state index is -0.529. The molecule has 0 radical (unpaired) electrons. The zero-order valence-corrected chi connectivity index (χ0v) is 18.0. The molecule has 9 nitrogen and oxygen atoms in total. The van der Waals surface area contributed by atoms with Crippen molar-refractivity contribution in [2.45, 2.75) is 13.0 Å². The molecule has 1 aliphatic rings. The molecular weight excluding hydrogens is 432 g/mol. The number of nitrogens with zero attached hydrogens (tertiary/aromatic N) is 3.